The second kappa shape index (κ2) is 9.82. The van der Waals surface area contributed by atoms with E-state index in [1.165, 1.54) is 17.0 Å². The molecule has 0 unspecified atom stereocenters. The zero-order chi connectivity index (χ0) is 22.5. The van der Waals surface area contributed by atoms with Crippen LogP contribution in [0.25, 0.3) is 10.9 Å². The van der Waals surface area contributed by atoms with Gasteiger partial charge < -0.3 is 4.74 Å². The van der Waals surface area contributed by atoms with Crippen LogP contribution in [0.1, 0.15) is 45.0 Å². The Bertz CT molecular complexity index is 1210. The summed E-state index contributed by atoms with van der Waals surface area (Å²) in [6.45, 7) is 5.79. The molecule has 0 aliphatic carbocycles. The van der Waals surface area contributed by atoms with E-state index in [1.54, 1.807) is 24.3 Å². The van der Waals surface area contributed by atoms with Gasteiger partial charge in [-0.1, -0.05) is 29.8 Å². The van der Waals surface area contributed by atoms with Crippen molar-refractivity contribution in [3.05, 3.63) is 72.7 Å². The van der Waals surface area contributed by atoms with Crippen LogP contribution in [0.2, 0.25) is 0 Å². The molecular formula is C22H23BrN4O4. The molecule has 1 aromatic heterocycles. The highest BCUT2D eigenvalue weighted by atomic mass is 79.9. The summed E-state index contributed by atoms with van der Waals surface area (Å²) in [5.74, 6) is 0.738. The number of halogens is 1. The van der Waals surface area contributed by atoms with E-state index in [1.807, 2.05) is 26.8 Å². The number of aryl methyl sites for hydroxylation is 1. The molecule has 1 heterocycles. The molecule has 3 rings (SSSR count). The number of nitro benzene ring substituents is 1. The van der Waals surface area contributed by atoms with Crippen LogP contribution in [0.5, 0.6) is 5.75 Å². The minimum absolute atomic E-state index is 0.142. The second-order valence-corrected chi connectivity index (χ2v) is 8.04. The second-order valence-electron chi connectivity index (χ2n) is 7.12. The average Bonchev–Trinajstić information content (AvgIpc) is 2.74. The van der Waals surface area contributed by atoms with Crippen molar-refractivity contribution in [3.8, 4) is 5.75 Å². The van der Waals surface area contributed by atoms with Crippen molar-refractivity contribution in [1.82, 2.24) is 9.66 Å². The fraction of sp³-hybridized carbons (Fsp3) is 0.318. The number of aromatic nitrogens is 2. The molecule has 9 heteroatoms. The average molecular weight is 487 g/mol. The van der Waals surface area contributed by atoms with E-state index < -0.39 is 4.92 Å². The highest BCUT2D eigenvalue weighted by Crippen LogP contribution is 2.29. The lowest BCUT2D eigenvalue weighted by Crippen LogP contribution is -2.22. The van der Waals surface area contributed by atoms with Crippen molar-refractivity contribution in [1.29, 1.82) is 0 Å². The van der Waals surface area contributed by atoms with Crippen LogP contribution < -0.4 is 10.3 Å². The Morgan fingerprint density at radius 2 is 2.06 bits per heavy atom. The lowest BCUT2D eigenvalue weighted by atomic mass is 10.2. The summed E-state index contributed by atoms with van der Waals surface area (Å²) in [6, 6.07) is 9.93. The van der Waals surface area contributed by atoms with Gasteiger partial charge in [0, 0.05) is 22.5 Å². The number of fused-ring (bicyclic) bond motifs is 1. The van der Waals surface area contributed by atoms with Crippen LogP contribution in [0, 0.1) is 10.1 Å². The molecule has 1 atom stereocenters. The zero-order valence-electron chi connectivity index (χ0n) is 17.5. The van der Waals surface area contributed by atoms with Crippen LogP contribution in [-0.2, 0) is 6.42 Å². The van der Waals surface area contributed by atoms with Crippen LogP contribution >= 0.6 is 15.9 Å². The largest absolute Gasteiger partial charge is 0.484 e. The maximum absolute atomic E-state index is 13.0. The van der Waals surface area contributed by atoms with E-state index in [-0.39, 0.29) is 23.1 Å². The molecule has 0 saturated carbocycles. The molecule has 0 saturated heterocycles. The topological polar surface area (TPSA) is 99.6 Å². The van der Waals surface area contributed by atoms with Crippen molar-refractivity contribution >= 4 is 38.7 Å². The molecule has 0 aliphatic rings. The van der Waals surface area contributed by atoms with Gasteiger partial charge in [-0.05, 0) is 50.1 Å². The normalized spacial score (nSPS) is 12.4. The van der Waals surface area contributed by atoms with E-state index in [0.29, 0.717) is 28.7 Å². The molecule has 0 aliphatic heterocycles. The Morgan fingerprint density at radius 3 is 2.74 bits per heavy atom. The van der Waals surface area contributed by atoms with Gasteiger partial charge in [-0.3, -0.25) is 14.9 Å². The summed E-state index contributed by atoms with van der Waals surface area (Å²) in [5.41, 5.74) is 0.639. The molecule has 8 nitrogen and oxygen atoms in total. The first-order valence-electron chi connectivity index (χ1n) is 10.0. The SMILES string of the molecule is CCCc1nc2ccc(Br)cc2c(=O)n1N=Cc1ccc(O[C@H](C)CC)c([N+](=O)[O-])c1. The molecule has 31 heavy (non-hydrogen) atoms. The summed E-state index contributed by atoms with van der Waals surface area (Å²) in [7, 11) is 0. The molecule has 0 N–H and O–H groups in total. The fourth-order valence-electron chi connectivity index (χ4n) is 2.98. The maximum atomic E-state index is 13.0. The van der Waals surface area contributed by atoms with E-state index in [4.69, 9.17) is 4.74 Å². The van der Waals surface area contributed by atoms with Crippen molar-refractivity contribution in [3.63, 3.8) is 0 Å². The lowest BCUT2D eigenvalue weighted by Gasteiger charge is -2.12. The first-order valence-corrected chi connectivity index (χ1v) is 10.8. The van der Waals surface area contributed by atoms with E-state index in [0.717, 1.165) is 17.3 Å². The van der Waals surface area contributed by atoms with E-state index in [9.17, 15) is 14.9 Å². The first-order chi connectivity index (χ1) is 14.8. The van der Waals surface area contributed by atoms with Crippen molar-refractivity contribution in [2.75, 3.05) is 0 Å². The number of nitrogens with zero attached hydrogens (tertiary/aromatic N) is 4. The number of hydrogen-bond donors (Lipinski definition) is 0. The monoisotopic (exact) mass is 486 g/mol. The number of hydrogen-bond acceptors (Lipinski definition) is 6. The van der Waals surface area contributed by atoms with Gasteiger partial charge in [0.1, 0.15) is 5.82 Å². The minimum Gasteiger partial charge on any atom is -0.484 e. The molecule has 0 amide bonds. The number of benzene rings is 2. The van der Waals surface area contributed by atoms with Crippen LogP contribution in [0.15, 0.2) is 50.8 Å². The van der Waals surface area contributed by atoms with Crippen LogP contribution in [0.4, 0.5) is 5.69 Å². The van der Waals surface area contributed by atoms with Gasteiger partial charge in [-0.25, -0.2) is 4.98 Å². The van der Waals surface area contributed by atoms with Gasteiger partial charge in [0.05, 0.1) is 28.1 Å². The Kier molecular flexibility index (Phi) is 7.17. The Morgan fingerprint density at radius 1 is 1.29 bits per heavy atom. The minimum atomic E-state index is -0.487. The van der Waals surface area contributed by atoms with Crippen molar-refractivity contribution in [2.24, 2.45) is 5.10 Å². The third-order valence-corrected chi connectivity index (χ3v) is 5.25. The Hall–Kier alpha value is -3.07. The highest BCUT2D eigenvalue weighted by molar-refractivity contribution is 9.10. The Balaban J connectivity index is 2.05. The van der Waals surface area contributed by atoms with Crippen LogP contribution in [0.3, 0.4) is 0 Å². The quantitative estimate of drug-likeness (QED) is 0.251. The smallest absolute Gasteiger partial charge is 0.311 e. The zero-order valence-corrected chi connectivity index (χ0v) is 19.1. The van der Waals surface area contributed by atoms with Gasteiger partial charge in [0.15, 0.2) is 5.75 Å². The number of nitro groups is 1. The van der Waals surface area contributed by atoms with Crippen LogP contribution in [-0.4, -0.2) is 26.9 Å². The molecule has 0 fully saturated rings. The summed E-state index contributed by atoms with van der Waals surface area (Å²) in [5, 5.41) is 16.3. The number of ether oxygens (including phenoxy) is 1. The third-order valence-electron chi connectivity index (χ3n) is 4.75. The summed E-state index contributed by atoms with van der Waals surface area (Å²) in [6.07, 6.45) is 3.37. The fourth-order valence-corrected chi connectivity index (χ4v) is 3.34. The molecule has 0 bridgehead atoms. The standard InChI is InChI=1S/C22H23BrN4O4/c1-4-6-21-25-18-9-8-16(23)12-17(18)22(28)26(21)24-13-15-7-10-20(31-14(3)5-2)19(11-15)27(29)30/h7-14H,4-6H2,1-3H3/t14-/m1/s1. The van der Waals surface area contributed by atoms with Crippen molar-refractivity contribution in [2.45, 2.75) is 46.1 Å². The molecule has 3 aromatic rings. The molecular weight excluding hydrogens is 464 g/mol. The van der Waals surface area contributed by atoms with Gasteiger partial charge >= 0.3 is 5.69 Å². The lowest BCUT2D eigenvalue weighted by molar-refractivity contribution is -0.386. The predicted molar refractivity (Wildman–Crippen MR) is 124 cm³/mol. The third kappa shape index (κ3) is 5.16. The van der Waals surface area contributed by atoms with Gasteiger partial charge in [0.25, 0.3) is 5.56 Å². The molecule has 162 valence electrons. The van der Waals surface area contributed by atoms with Gasteiger partial charge in [-0.2, -0.15) is 9.78 Å². The van der Waals surface area contributed by atoms with E-state index >= 15 is 0 Å². The highest BCUT2D eigenvalue weighted by Gasteiger charge is 2.17. The summed E-state index contributed by atoms with van der Waals surface area (Å²) in [4.78, 5) is 28.6. The molecule has 2 aromatic carbocycles. The number of rotatable bonds is 8. The maximum Gasteiger partial charge on any atom is 0.311 e. The predicted octanol–water partition coefficient (Wildman–Crippen LogP) is 5.08. The first kappa shape index (κ1) is 22.6. The molecule has 0 spiro atoms. The van der Waals surface area contributed by atoms with Gasteiger partial charge in [-0.15, -0.1) is 0 Å². The summed E-state index contributed by atoms with van der Waals surface area (Å²) >= 11 is 3.38. The Labute approximate surface area is 187 Å². The van der Waals surface area contributed by atoms with Gasteiger partial charge in [0.2, 0.25) is 0 Å². The molecule has 0 radical (unpaired) electrons. The van der Waals surface area contributed by atoms with E-state index in [2.05, 4.69) is 26.0 Å². The summed E-state index contributed by atoms with van der Waals surface area (Å²) < 4.78 is 7.67. The van der Waals surface area contributed by atoms with Crippen molar-refractivity contribution < 1.29 is 9.66 Å².